The smallest absolute Gasteiger partial charge is 0.295 e. The molecule has 1 aliphatic rings. The van der Waals surface area contributed by atoms with Crippen molar-refractivity contribution in [2.45, 2.75) is 16.4 Å². The van der Waals surface area contributed by atoms with E-state index < -0.39 is 20.5 Å². The number of sulfonamides is 1. The van der Waals surface area contributed by atoms with Crippen LogP contribution >= 0.6 is 22.1 Å². The molecule has 0 aliphatic carbocycles. The van der Waals surface area contributed by atoms with Crippen molar-refractivity contribution in [2.24, 2.45) is 10.7 Å². The average Bonchev–Trinajstić information content (AvgIpc) is 3.28. The van der Waals surface area contributed by atoms with E-state index in [1.54, 1.807) is 36.4 Å². The third-order valence-corrected chi connectivity index (χ3v) is 7.40. The Kier molecular flexibility index (Phi) is 5.24. The molecule has 3 N–H and O–H groups in total. The number of nitrogens with two attached hydrogens (primary N) is 1. The van der Waals surface area contributed by atoms with Gasteiger partial charge in [-0.15, -0.1) is 0 Å². The van der Waals surface area contributed by atoms with Gasteiger partial charge in [0.25, 0.3) is 10.0 Å². The summed E-state index contributed by atoms with van der Waals surface area (Å²) in [6.07, 6.45) is 2.58. The number of hydrogen-bond acceptors (Lipinski definition) is 5. The molecule has 1 atom stereocenters. The minimum atomic E-state index is -3.94. The first-order valence-electron chi connectivity index (χ1n) is 8.65. The van der Waals surface area contributed by atoms with E-state index in [1.807, 2.05) is 12.1 Å². The van der Waals surface area contributed by atoms with Gasteiger partial charge in [0, 0.05) is 39.2 Å². The Morgan fingerprint density at radius 2 is 2.03 bits per heavy atom. The second-order valence-corrected chi connectivity index (χ2v) is 10.3. The van der Waals surface area contributed by atoms with Crippen molar-refractivity contribution in [2.75, 3.05) is 10.5 Å². The summed E-state index contributed by atoms with van der Waals surface area (Å²) in [5.74, 6) is 5.33. The van der Waals surface area contributed by atoms with Gasteiger partial charge in [-0.25, -0.2) is 4.99 Å². The largest absolute Gasteiger partial charge is 0.443 e. The van der Waals surface area contributed by atoms with Crippen molar-refractivity contribution in [1.29, 1.82) is 0 Å². The van der Waals surface area contributed by atoms with Crippen molar-refractivity contribution in [3.63, 3.8) is 0 Å². The molecule has 0 spiro atoms. The van der Waals surface area contributed by atoms with Crippen molar-refractivity contribution in [1.82, 2.24) is 0 Å². The topological polar surface area (TPSA) is 97.7 Å². The molecule has 1 unspecified atom stereocenters. The molecule has 2 heterocycles. The van der Waals surface area contributed by atoms with Gasteiger partial charge in [0.2, 0.25) is 5.09 Å². The van der Waals surface area contributed by atoms with Gasteiger partial charge < -0.3 is 10.2 Å². The number of nitrogens with one attached hydrogen (secondary N) is 1. The summed E-state index contributed by atoms with van der Waals surface area (Å²) in [6.45, 7) is 0. The van der Waals surface area contributed by atoms with Gasteiger partial charge in [0.1, 0.15) is 11.4 Å². The van der Waals surface area contributed by atoms with Crippen molar-refractivity contribution < 1.29 is 12.8 Å². The van der Waals surface area contributed by atoms with E-state index in [9.17, 15) is 8.42 Å². The maximum atomic E-state index is 12.9. The van der Waals surface area contributed by atoms with Gasteiger partial charge in [-0.05, 0) is 24.3 Å². The minimum Gasteiger partial charge on any atom is -0.443 e. The zero-order valence-corrected chi connectivity index (χ0v) is 17.7. The third kappa shape index (κ3) is 4.24. The molecule has 0 radical (unpaired) electrons. The summed E-state index contributed by atoms with van der Waals surface area (Å²) >= 11 is 6.12. The Morgan fingerprint density at radius 1 is 1.24 bits per heavy atom. The molecule has 1 aromatic heterocycles. The van der Waals surface area contributed by atoms with Crippen LogP contribution in [0.1, 0.15) is 6.42 Å². The lowest BCUT2D eigenvalue weighted by Crippen LogP contribution is -2.13. The lowest BCUT2D eigenvalue weighted by Gasteiger charge is -2.15. The summed E-state index contributed by atoms with van der Waals surface area (Å²) in [6, 6.07) is 13.7. The zero-order valence-electron chi connectivity index (χ0n) is 15.3. The zero-order chi connectivity index (χ0) is 20.6. The van der Waals surface area contributed by atoms with E-state index in [1.165, 1.54) is 6.07 Å². The summed E-state index contributed by atoms with van der Waals surface area (Å²) in [5.41, 5.74) is 7.45. The van der Waals surface area contributed by atoms with Crippen LogP contribution in [0.4, 0.5) is 5.69 Å². The van der Waals surface area contributed by atoms with Gasteiger partial charge in [0.05, 0.1) is 5.69 Å². The summed E-state index contributed by atoms with van der Waals surface area (Å²) in [5, 5.41) is 0.958. The number of aliphatic imine (C=N–C) groups is 1. The van der Waals surface area contributed by atoms with Crippen molar-refractivity contribution in [3.8, 4) is 0 Å². The summed E-state index contributed by atoms with van der Waals surface area (Å²) in [4.78, 5) is 5.02. The SMILES string of the molecule is C=S(CC1=CCC(N)=N1)c1ccc(Cl)cc1NS(=O)(=O)c1cc2ccccc2o1. The lowest BCUT2D eigenvalue weighted by molar-refractivity contribution is 0.484. The van der Waals surface area contributed by atoms with Crippen LogP contribution in [0.3, 0.4) is 0 Å². The molecular weight excluding hydrogens is 430 g/mol. The number of benzene rings is 2. The first-order valence-corrected chi connectivity index (χ1v) is 12.1. The van der Waals surface area contributed by atoms with Crippen LogP contribution in [0, 0.1) is 0 Å². The fourth-order valence-electron chi connectivity index (χ4n) is 2.96. The van der Waals surface area contributed by atoms with Crippen LogP contribution in [-0.2, 0) is 10.0 Å². The first kappa shape index (κ1) is 19.8. The maximum Gasteiger partial charge on any atom is 0.295 e. The van der Waals surface area contributed by atoms with Crippen LogP contribution < -0.4 is 10.5 Å². The molecular formula is C20H18ClN3O3S2. The number of para-hydroxylation sites is 1. The fourth-order valence-corrected chi connectivity index (χ4v) is 5.62. The Balaban J connectivity index is 1.65. The predicted octanol–water partition coefficient (Wildman–Crippen LogP) is 4.59. The fraction of sp³-hybridized carbons (Fsp3) is 0.100. The molecule has 0 saturated carbocycles. The lowest BCUT2D eigenvalue weighted by atomic mass is 10.3. The van der Waals surface area contributed by atoms with Gasteiger partial charge in [0.15, 0.2) is 0 Å². The maximum absolute atomic E-state index is 12.9. The minimum absolute atomic E-state index is 0.163. The predicted molar refractivity (Wildman–Crippen MR) is 121 cm³/mol. The standard InChI is InChI=1S/C20H18ClN3O3S2/c1-28(12-15-7-9-19(22)23-15)18-8-6-14(21)11-16(18)24-29(25,26)20-10-13-4-2-3-5-17(13)27-20/h2-8,10-11,24H,1,9,12H2,(H2,22,23). The highest BCUT2D eigenvalue weighted by Gasteiger charge is 2.22. The molecule has 150 valence electrons. The normalized spacial score (nSPS) is 15.2. The third-order valence-electron chi connectivity index (χ3n) is 4.32. The number of anilines is 1. The number of hydrogen-bond donors (Lipinski definition) is 2. The number of fused-ring (bicyclic) bond motifs is 1. The van der Waals surface area contributed by atoms with Gasteiger partial charge in [-0.1, -0.05) is 41.7 Å². The molecule has 4 rings (SSSR count). The average molecular weight is 448 g/mol. The van der Waals surface area contributed by atoms with Gasteiger partial charge >= 0.3 is 0 Å². The Bertz CT molecular complexity index is 1260. The Morgan fingerprint density at radius 3 is 2.76 bits per heavy atom. The molecule has 3 aromatic rings. The Hall–Kier alpha value is -2.55. The van der Waals surface area contributed by atoms with E-state index in [0.717, 1.165) is 10.6 Å². The first-order chi connectivity index (χ1) is 13.8. The highest BCUT2D eigenvalue weighted by molar-refractivity contribution is 8.14. The van der Waals surface area contributed by atoms with Crippen molar-refractivity contribution >= 4 is 60.5 Å². The van der Waals surface area contributed by atoms with Gasteiger partial charge in [-0.3, -0.25) is 4.72 Å². The van der Waals surface area contributed by atoms with E-state index in [4.69, 9.17) is 21.8 Å². The van der Waals surface area contributed by atoms with Crippen molar-refractivity contribution in [3.05, 3.63) is 65.3 Å². The van der Waals surface area contributed by atoms with Crippen LogP contribution in [-0.4, -0.2) is 25.9 Å². The molecule has 0 amide bonds. The van der Waals surface area contributed by atoms with Gasteiger partial charge in [-0.2, -0.15) is 18.9 Å². The quantitative estimate of drug-likeness (QED) is 0.540. The number of furan rings is 1. The van der Waals surface area contributed by atoms with E-state index in [2.05, 4.69) is 15.6 Å². The summed E-state index contributed by atoms with van der Waals surface area (Å²) in [7, 11) is -4.51. The molecule has 0 fully saturated rings. The van der Waals surface area contributed by atoms with Crippen LogP contribution in [0.2, 0.25) is 5.02 Å². The molecule has 29 heavy (non-hydrogen) atoms. The Labute approximate surface area is 176 Å². The van der Waals surface area contributed by atoms with Crippen LogP contribution in [0.5, 0.6) is 0 Å². The monoisotopic (exact) mass is 447 g/mol. The number of nitrogens with zero attached hydrogens (tertiary/aromatic N) is 1. The molecule has 1 aliphatic heterocycles. The molecule has 9 heteroatoms. The summed E-state index contributed by atoms with van der Waals surface area (Å²) < 4.78 is 34.0. The molecule has 0 bridgehead atoms. The second kappa shape index (κ2) is 7.70. The number of rotatable bonds is 6. The van der Waals surface area contributed by atoms with E-state index >= 15 is 0 Å². The van der Waals surface area contributed by atoms with E-state index in [-0.39, 0.29) is 5.09 Å². The molecule has 2 aromatic carbocycles. The highest BCUT2D eigenvalue weighted by Crippen LogP contribution is 2.37. The van der Waals surface area contributed by atoms with Crippen LogP contribution in [0.15, 0.2) is 79.7 Å². The highest BCUT2D eigenvalue weighted by atomic mass is 35.5. The molecule has 6 nitrogen and oxygen atoms in total. The van der Waals surface area contributed by atoms with E-state index in [0.29, 0.717) is 39.7 Å². The molecule has 0 saturated heterocycles. The number of halogens is 1. The number of amidine groups is 1. The second-order valence-electron chi connectivity index (χ2n) is 6.49. The van der Waals surface area contributed by atoms with Crippen LogP contribution in [0.25, 0.3) is 11.0 Å².